The summed E-state index contributed by atoms with van der Waals surface area (Å²) in [5.74, 6) is -0.287. The molecule has 0 radical (unpaired) electrons. The molecule has 1 aliphatic heterocycles. The van der Waals surface area contributed by atoms with Gasteiger partial charge in [0.2, 0.25) is 0 Å². The van der Waals surface area contributed by atoms with Gasteiger partial charge in [-0.2, -0.15) is 5.26 Å². The topological polar surface area (TPSA) is 44.1 Å². The number of nitrogens with zero attached hydrogens (tertiary/aromatic N) is 2. The third kappa shape index (κ3) is 2.93. The van der Waals surface area contributed by atoms with Gasteiger partial charge in [-0.25, -0.2) is 4.39 Å². The molecule has 4 heteroatoms. The van der Waals surface area contributed by atoms with E-state index in [1.807, 2.05) is 6.07 Å². The molecule has 0 atom stereocenters. The normalized spacial score (nSPS) is 17.3. The average Bonchev–Trinajstić information content (AvgIpc) is 2.42. The molecular weight excluding hydrogens is 231 g/mol. The maximum atomic E-state index is 13.2. The monoisotopic (exact) mass is 246 g/mol. The lowest BCUT2D eigenvalue weighted by molar-refractivity contribution is -0.112. The smallest absolute Gasteiger partial charge is 0.140 e. The van der Waals surface area contributed by atoms with Crippen molar-refractivity contribution < 1.29 is 9.18 Å². The van der Waals surface area contributed by atoms with Crippen molar-refractivity contribution in [3.8, 4) is 6.07 Å². The van der Waals surface area contributed by atoms with Crippen molar-refractivity contribution in [3.63, 3.8) is 0 Å². The van der Waals surface area contributed by atoms with Crippen LogP contribution in [0.2, 0.25) is 0 Å². The highest BCUT2D eigenvalue weighted by molar-refractivity contribution is 5.53. The fourth-order valence-electron chi connectivity index (χ4n) is 2.26. The summed E-state index contributed by atoms with van der Waals surface area (Å²) in [4.78, 5) is 12.9. The molecule has 1 aromatic rings. The number of likely N-dealkylation sites (tertiary alicyclic amines) is 1. The van der Waals surface area contributed by atoms with Gasteiger partial charge < -0.3 is 4.79 Å². The average molecular weight is 246 g/mol. The molecule has 0 aliphatic carbocycles. The number of piperidine rings is 1. The van der Waals surface area contributed by atoms with Crippen LogP contribution in [0.4, 0.5) is 4.39 Å². The van der Waals surface area contributed by atoms with Gasteiger partial charge in [-0.3, -0.25) is 4.90 Å². The molecular formula is C14H15FN2O. The van der Waals surface area contributed by atoms with Gasteiger partial charge in [-0.1, -0.05) is 6.07 Å². The molecule has 18 heavy (non-hydrogen) atoms. The molecule has 1 saturated heterocycles. The predicted octanol–water partition coefficient (Wildman–Crippen LogP) is 2.11. The first kappa shape index (κ1) is 12.7. The molecule has 2 rings (SSSR count). The highest BCUT2D eigenvalue weighted by Crippen LogP contribution is 2.18. The second-order valence-electron chi connectivity index (χ2n) is 4.68. The van der Waals surface area contributed by atoms with Crippen LogP contribution in [0, 0.1) is 23.1 Å². The lowest BCUT2D eigenvalue weighted by atomic mass is 9.98. The zero-order valence-corrected chi connectivity index (χ0v) is 10.1. The molecule has 0 bridgehead atoms. The number of nitriles is 1. The van der Waals surface area contributed by atoms with Gasteiger partial charge in [0.15, 0.2) is 0 Å². The molecule has 0 unspecified atom stereocenters. The highest BCUT2D eigenvalue weighted by atomic mass is 19.1. The van der Waals surface area contributed by atoms with Crippen molar-refractivity contribution in [1.29, 1.82) is 5.26 Å². The van der Waals surface area contributed by atoms with E-state index in [-0.39, 0.29) is 11.5 Å². The van der Waals surface area contributed by atoms with Crippen LogP contribution in [-0.2, 0) is 11.3 Å². The minimum absolute atomic E-state index is 0.0928. The number of rotatable bonds is 3. The Balaban J connectivity index is 1.98. The number of hydrogen-bond acceptors (Lipinski definition) is 3. The molecule has 1 aliphatic rings. The summed E-state index contributed by atoms with van der Waals surface area (Å²) in [7, 11) is 0. The van der Waals surface area contributed by atoms with Crippen LogP contribution in [-0.4, -0.2) is 24.3 Å². The van der Waals surface area contributed by atoms with Crippen molar-refractivity contribution in [2.24, 2.45) is 5.92 Å². The van der Waals surface area contributed by atoms with Crippen molar-refractivity contribution in [1.82, 2.24) is 4.90 Å². The molecule has 0 saturated carbocycles. The zero-order chi connectivity index (χ0) is 13.0. The second-order valence-corrected chi connectivity index (χ2v) is 4.68. The molecule has 1 heterocycles. The van der Waals surface area contributed by atoms with E-state index in [0.717, 1.165) is 37.8 Å². The van der Waals surface area contributed by atoms with Gasteiger partial charge >= 0.3 is 0 Å². The van der Waals surface area contributed by atoms with Gasteiger partial charge in [0.25, 0.3) is 0 Å². The fourth-order valence-corrected chi connectivity index (χ4v) is 2.26. The number of hydrogen-bond donors (Lipinski definition) is 0. The third-order valence-electron chi connectivity index (χ3n) is 3.38. The summed E-state index contributed by atoms with van der Waals surface area (Å²) in [5, 5.41) is 8.77. The van der Waals surface area contributed by atoms with Crippen LogP contribution >= 0.6 is 0 Å². The van der Waals surface area contributed by atoms with E-state index in [1.165, 1.54) is 6.07 Å². The summed E-state index contributed by atoms with van der Waals surface area (Å²) in [6.07, 6.45) is 2.80. The van der Waals surface area contributed by atoms with Crippen molar-refractivity contribution in [3.05, 3.63) is 35.1 Å². The van der Waals surface area contributed by atoms with Gasteiger partial charge in [-0.05, 0) is 43.6 Å². The summed E-state index contributed by atoms with van der Waals surface area (Å²) < 4.78 is 13.2. The molecule has 0 spiro atoms. The van der Waals surface area contributed by atoms with E-state index >= 15 is 0 Å². The summed E-state index contributed by atoms with van der Waals surface area (Å²) in [5.41, 5.74) is 1.03. The molecule has 0 N–H and O–H groups in total. The molecule has 3 nitrogen and oxygen atoms in total. The first-order valence-corrected chi connectivity index (χ1v) is 6.09. The van der Waals surface area contributed by atoms with Crippen LogP contribution in [0.25, 0.3) is 0 Å². The largest absolute Gasteiger partial charge is 0.303 e. The lowest BCUT2D eigenvalue weighted by Gasteiger charge is -2.29. The predicted molar refractivity (Wildman–Crippen MR) is 65.2 cm³/mol. The number of carbonyl (C=O) groups is 1. The Morgan fingerprint density at radius 3 is 2.78 bits per heavy atom. The van der Waals surface area contributed by atoms with Crippen molar-refractivity contribution in [2.75, 3.05) is 13.1 Å². The molecule has 0 aromatic heterocycles. The lowest BCUT2D eigenvalue weighted by Crippen LogP contribution is -2.33. The van der Waals surface area contributed by atoms with Gasteiger partial charge in [0, 0.05) is 12.5 Å². The Kier molecular flexibility index (Phi) is 4.06. The number of aldehydes is 1. The molecule has 1 fully saturated rings. The van der Waals surface area contributed by atoms with Crippen LogP contribution < -0.4 is 0 Å². The van der Waals surface area contributed by atoms with E-state index in [2.05, 4.69) is 4.90 Å². The maximum absolute atomic E-state index is 13.2. The minimum atomic E-state index is -0.471. The Bertz CT molecular complexity index is 473. The summed E-state index contributed by atoms with van der Waals surface area (Å²) >= 11 is 0. The standard InChI is InChI=1S/C14H15FN2O/c15-14-2-1-12(7-13(14)8-16)9-17-5-3-11(10-18)4-6-17/h1-2,7,10-11H,3-6,9H2. The number of benzene rings is 1. The first-order chi connectivity index (χ1) is 8.72. The highest BCUT2D eigenvalue weighted by Gasteiger charge is 2.18. The van der Waals surface area contributed by atoms with Crippen molar-refractivity contribution >= 4 is 6.29 Å². The fraction of sp³-hybridized carbons (Fsp3) is 0.429. The second kappa shape index (κ2) is 5.74. The van der Waals surface area contributed by atoms with Gasteiger partial charge in [0.05, 0.1) is 5.56 Å². The Labute approximate surface area is 106 Å². The first-order valence-electron chi connectivity index (χ1n) is 6.09. The minimum Gasteiger partial charge on any atom is -0.303 e. The zero-order valence-electron chi connectivity index (χ0n) is 10.1. The third-order valence-corrected chi connectivity index (χ3v) is 3.38. The molecule has 1 aromatic carbocycles. The van der Waals surface area contributed by atoms with Crippen LogP contribution in [0.3, 0.4) is 0 Å². The van der Waals surface area contributed by atoms with Crippen molar-refractivity contribution in [2.45, 2.75) is 19.4 Å². The Morgan fingerprint density at radius 1 is 1.44 bits per heavy atom. The number of halogens is 1. The van der Waals surface area contributed by atoms with Crippen LogP contribution in [0.1, 0.15) is 24.0 Å². The Hall–Kier alpha value is -1.73. The summed E-state index contributed by atoms with van der Waals surface area (Å²) in [6, 6.07) is 6.50. The van der Waals surface area contributed by atoms with Crippen LogP contribution in [0.5, 0.6) is 0 Å². The van der Waals surface area contributed by atoms with E-state index in [1.54, 1.807) is 12.1 Å². The quantitative estimate of drug-likeness (QED) is 0.767. The van der Waals surface area contributed by atoms with E-state index < -0.39 is 5.82 Å². The van der Waals surface area contributed by atoms with E-state index in [9.17, 15) is 9.18 Å². The van der Waals surface area contributed by atoms with Gasteiger partial charge in [-0.15, -0.1) is 0 Å². The summed E-state index contributed by atoms with van der Waals surface area (Å²) in [6.45, 7) is 2.46. The maximum Gasteiger partial charge on any atom is 0.140 e. The number of carbonyl (C=O) groups excluding carboxylic acids is 1. The SMILES string of the molecule is N#Cc1cc(CN2CCC(C=O)CC2)ccc1F. The molecule has 94 valence electrons. The van der Waals surface area contributed by atoms with Crippen LogP contribution in [0.15, 0.2) is 18.2 Å². The van der Waals surface area contributed by atoms with E-state index in [0.29, 0.717) is 6.54 Å². The molecule has 0 amide bonds. The van der Waals surface area contributed by atoms with Gasteiger partial charge in [0.1, 0.15) is 18.2 Å². The van der Waals surface area contributed by atoms with E-state index in [4.69, 9.17) is 5.26 Å². The Morgan fingerprint density at radius 2 is 2.17 bits per heavy atom.